The molecule has 0 bridgehead atoms. The summed E-state index contributed by atoms with van der Waals surface area (Å²) in [5.41, 5.74) is 5.62. The lowest BCUT2D eigenvalue weighted by molar-refractivity contribution is -0.122. The minimum absolute atomic E-state index is 0.0156. The Balaban J connectivity index is 1.77. The number of piperidine rings is 1. The summed E-state index contributed by atoms with van der Waals surface area (Å²) < 4.78 is 0. The molecule has 2 rings (SSSR count). The molecule has 1 heterocycles. The third kappa shape index (κ3) is 1.56. The zero-order valence-electron chi connectivity index (χ0n) is 7.92. The van der Waals surface area contributed by atoms with E-state index < -0.39 is 0 Å². The van der Waals surface area contributed by atoms with E-state index in [2.05, 4.69) is 10.6 Å². The van der Waals surface area contributed by atoms with Crippen LogP contribution in [-0.2, 0) is 4.79 Å². The standard InChI is InChI=1S/C9H17N3O/c1-2-7(10)9(13)12-8-5-3-11-4-6(5)8/h5-8,11H,2-4,10H2,1H3,(H,12,13)/t5?,6?,7-,8?/m0/s1. The molecule has 1 aliphatic heterocycles. The van der Waals surface area contributed by atoms with Gasteiger partial charge in [-0.15, -0.1) is 0 Å². The van der Waals surface area contributed by atoms with Crippen LogP contribution in [0.3, 0.4) is 0 Å². The number of fused-ring (bicyclic) bond motifs is 1. The summed E-state index contributed by atoms with van der Waals surface area (Å²) in [6.07, 6.45) is 0.714. The lowest BCUT2D eigenvalue weighted by Crippen LogP contribution is -2.43. The summed E-state index contributed by atoms with van der Waals surface area (Å²) in [7, 11) is 0. The lowest BCUT2D eigenvalue weighted by atomic mass is 10.2. The van der Waals surface area contributed by atoms with Gasteiger partial charge in [0.05, 0.1) is 6.04 Å². The van der Waals surface area contributed by atoms with E-state index in [0.29, 0.717) is 24.3 Å². The van der Waals surface area contributed by atoms with Crippen molar-refractivity contribution in [1.29, 1.82) is 0 Å². The second-order valence-electron chi connectivity index (χ2n) is 4.04. The van der Waals surface area contributed by atoms with Crippen LogP contribution in [0.1, 0.15) is 13.3 Å². The van der Waals surface area contributed by atoms with Crippen LogP contribution in [0.4, 0.5) is 0 Å². The Bertz CT molecular complexity index is 209. The Morgan fingerprint density at radius 1 is 1.62 bits per heavy atom. The first-order valence-corrected chi connectivity index (χ1v) is 5.00. The van der Waals surface area contributed by atoms with Crippen molar-refractivity contribution < 1.29 is 4.79 Å². The van der Waals surface area contributed by atoms with Gasteiger partial charge in [-0.2, -0.15) is 0 Å². The van der Waals surface area contributed by atoms with Crippen LogP contribution in [0.25, 0.3) is 0 Å². The minimum Gasteiger partial charge on any atom is -0.351 e. The molecule has 0 aromatic rings. The van der Waals surface area contributed by atoms with Crippen LogP contribution < -0.4 is 16.4 Å². The number of amides is 1. The van der Waals surface area contributed by atoms with Crippen LogP contribution >= 0.6 is 0 Å². The molecule has 2 fully saturated rings. The van der Waals surface area contributed by atoms with E-state index >= 15 is 0 Å². The predicted octanol–water partition coefficient (Wildman–Crippen LogP) is -0.942. The summed E-state index contributed by atoms with van der Waals surface area (Å²) in [5, 5.41) is 6.29. The number of carbonyl (C=O) groups excluding carboxylic acids is 1. The maximum atomic E-state index is 11.4. The second kappa shape index (κ2) is 3.27. The molecular weight excluding hydrogens is 166 g/mol. The van der Waals surface area contributed by atoms with Gasteiger partial charge in [-0.1, -0.05) is 6.92 Å². The van der Waals surface area contributed by atoms with Gasteiger partial charge in [0.25, 0.3) is 0 Å². The molecule has 4 N–H and O–H groups in total. The van der Waals surface area contributed by atoms with E-state index in [1.54, 1.807) is 0 Å². The average molecular weight is 183 g/mol. The Morgan fingerprint density at radius 2 is 2.23 bits per heavy atom. The molecule has 2 unspecified atom stereocenters. The fourth-order valence-electron chi connectivity index (χ4n) is 2.09. The first kappa shape index (κ1) is 8.97. The Kier molecular flexibility index (Phi) is 2.26. The molecule has 1 saturated heterocycles. The van der Waals surface area contributed by atoms with Gasteiger partial charge < -0.3 is 16.4 Å². The van der Waals surface area contributed by atoms with Crippen LogP contribution in [0.15, 0.2) is 0 Å². The van der Waals surface area contributed by atoms with Crippen LogP contribution in [0.2, 0.25) is 0 Å². The van der Waals surface area contributed by atoms with E-state index in [1.165, 1.54) is 0 Å². The van der Waals surface area contributed by atoms with Crippen LogP contribution in [0.5, 0.6) is 0 Å². The molecule has 0 aromatic carbocycles. The summed E-state index contributed by atoms with van der Waals surface area (Å²) in [4.78, 5) is 11.4. The highest BCUT2D eigenvalue weighted by atomic mass is 16.2. The van der Waals surface area contributed by atoms with Crippen molar-refractivity contribution in [1.82, 2.24) is 10.6 Å². The third-order valence-corrected chi connectivity index (χ3v) is 3.18. The molecule has 4 nitrogen and oxygen atoms in total. The molecule has 13 heavy (non-hydrogen) atoms. The SMILES string of the molecule is CC[C@H](N)C(=O)NC1C2CNCC21. The van der Waals surface area contributed by atoms with Crippen molar-refractivity contribution in [2.24, 2.45) is 17.6 Å². The fraction of sp³-hybridized carbons (Fsp3) is 0.889. The van der Waals surface area contributed by atoms with Gasteiger partial charge in [-0.3, -0.25) is 4.79 Å². The Hall–Kier alpha value is -0.610. The Morgan fingerprint density at radius 3 is 2.77 bits per heavy atom. The molecule has 3 atom stereocenters. The quantitative estimate of drug-likeness (QED) is 0.529. The van der Waals surface area contributed by atoms with Gasteiger partial charge in [-0.05, 0) is 18.3 Å². The number of nitrogens with two attached hydrogens (primary N) is 1. The second-order valence-corrected chi connectivity index (χ2v) is 4.04. The Labute approximate surface area is 78.2 Å². The molecule has 0 radical (unpaired) electrons. The van der Waals surface area contributed by atoms with Crippen LogP contribution in [0, 0.1) is 11.8 Å². The van der Waals surface area contributed by atoms with Gasteiger partial charge in [0.1, 0.15) is 0 Å². The van der Waals surface area contributed by atoms with E-state index in [9.17, 15) is 4.79 Å². The predicted molar refractivity (Wildman–Crippen MR) is 50.0 cm³/mol. The van der Waals surface area contributed by atoms with Crippen molar-refractivity contribution in [2.75, 3.05) is 13.1 Å². The molecule has 1 amide bonds. The van der Waals surface area contributed by atoms with Gasteiger partial charge in [0.15, 0.2) is 0 Å². The monoisotopic (exact) mass is 183 g/mol. The average Bonchev–Trinajstić information content (AvgIpc) is 2.63. The smallest absolute Gasteiger partial charge is 0.237 e. The molecule has 74 valence electrons. The first-order chi connectivity index (χ1) is 6.24. The normalized spacial score (nSPS) is 38.2. The van der Waals surface area contributed by atoms with Gasteiger partial charge >= 0.3 is 0 Å². The number of hydrogen-bond acceptors (Lipinski definition) is 3. The highest BCUT2D eigenvalue weighted by Gasteiger charge is 2.53. The van der Waals surface area contributed by atoms with E-state index in [4.69, 9.17) is 5.73 Å². The van der Waals surface area contributed by atoms with Crippen molar-refractivity contribution in [3.8, 4) is 0 Å². The van der Waals surface area contributed by atoms with Crippen molar-refractivity contribution >= 4 is 5.91 Å². The van der Waals surface area contributed by atoms with Crippen molar-refractivity contribution in [2.45, 2.75) is 25.4 Å². The molecular formula is C9H17N3O. The van der Waals surface area contributed by atoms with Gasteiger partial charge in [0.2, 0.25) is 5.91 Å². The summed E-state index contributed by atoms with van der Waals surface area (Å²) in [6.45, 7) is 4.04. The van der Waals surface area contributed by atoms with Gasteiger partial charge in [0, 0.05) is 19.1 Å². The lowest BCUT2D eigenvalue weighted by Gasteiger charge is -2.11. The summed E-state index contributed by atoms with van der Waals surface area (Å²) in [6, 6.07) is 0.0839. The number of rotatable bonds is 3. The molecule has 0 spiro atoms. The minimum atomic E-state index is -0.325. The summed E-state index contributed by atoms with van der Waals surface area (Å²) in [5.74, 6) is 1.36. The fourth-order valence-corrected chi connectivity index (χ4v) is 2.09. The number of nitrogens with one attached hydrogen (secondary N) is 2. The molecule has 1 saturated carbocycles. The largest absolute Gasteiger partial charge is 0.351 e. The van der Waals surface area contributed by atoms with Crippen LogP contribution in [-0.4, -0.2) is 31.1 Å². The maximum absolute atomic E-state index is 11.4. The molecule has 1 aliphatic carbocycles. The van der Waals surface area contributed by atoms with Crippen molar-refractivity contribution in [3.63, 3.8) is 0 Å². The molecule has 2 aliphatic rings. The highest BCUT2D eigenvalue weighted by molar-refractivity contribution is 5.82. The third-order valence-electron chi connectivity index (χ3n) is 3.18. The highest BCUT2D eigenvalue weighted by Crippen LogP contribution is 2.41. The zero-order chi connectivity index (χ0) is 9.42. The van der Waals surface area contributed by atoms with Gasteiger partial charge in [-0.25, -0.2) is 0 Å². The van der Waals surface area contributed by atoms with E-state index in [0.717, 1.165) is 13.1 Å². The molecule has 0 aromatic heterocycles. The molecule has 4 heteroatoms. The maximum Gasteiger partial charge on any atom is 0.237 e. The van der Waals surface area contributed by atoms with E-state index in [-0.39, 0.29) is 11.9 Å². The number of hydrogen-bond donors (Lipinski definition) is 3. The zero-order valence-corrected chi connectivity index (χ0v) is 7.92. The number of carbonyl (C=O) groups is 1. The van der Waals surface area contributed by atoms with Crippen molar-refractivity contribution in [3.05, 3.63) is 0 Å². The van der Waals surface area contributed by atoms with E-state index in [1.807, 2.05) is 6.92 Å². The topological polar surface area (TPSA) is 67.2 Å². The summed E-state index contributed by atoms with van der Waals surface area (Å²) >= 11 is 0. The first-order valence-electron chi connectivity index (χ1n) is 5.00.